The summed E-state index contributed by atoms with van der Waals surface area (Å²) < 4.78 is 31.6. The Morgan fingerprint density at radius 2 is 2.05 bits per heavy atom. The molecule has 1 atom stereocenters. The molecule has 0 spiro atoms. The summed E-state index contributed by atoms with van der Waals surface area (Å²) in [5, 5.41) is 11.4. The number of amides is 1. The summed E-state index contributed by atoms with van der Waals surface area (Å²) in [6.07, 6.45) is -0.0660. The first kappa shape index (κ1) is 15.5. The minimum Gasteiger partial charge on any atom is -0.396 e. The molecule has 1 aromatic carbocycles. The minimum absolute atomic E-state index is 0.109. The van der Waals surface area contributed by atoms with Crippen molar-refractivity contribution < 1.29 is 23.4 Å². The molecule has 0 bridgehead atoms. The fourth-order valence-electron chi connectivity index (χ4n) is 1.69. The second kappa shape index (κ2) is 7.81. The number of aliphatic hydroxyl groups excluding tert-OH is 1. The van der Waals surface area contributed by atoms with Gasteiger partial charge < -0.3 is 15.2 Å². The molecule has 0 saturated carbocycles. The van der Waals surface area contributed by atoms with Crippen LogP contribution in [0.5, 0.6) is 0 Å². The van der Waals surface area contributed by atoms with Gasteiger partial charge in [0.15, 0.2) is 0 Å². The van der Waals surface area contributed by atoms with Crippen LogP contribution in [0.25, 0.3) is 0 Å². The highest BCUT2D eigenvalue weighted by Crippen LogP contribution is 2.12. The molecule has 1 unspecified atom stereocenters. The Hall–Kier alpha value is -1.53. The second-order valence-electron chi connectivity index (χ2n) is 4.11. The van der Waals surface area contributed by atoms with Gasteiger partial charge in [-0.25, -0.2) is 8.78 Å². The van der Waals surface area contributed by atoms with Crippen molar-refractivity contribution in [2.45, 2.75) is 18.9 Å². The van der Waals surface area contributed by atoms with Crippen molar-refractivity contribution >= 4 is 5.91 Å². The molecule has 0 aliphatic carbocycles. The van der Waals surface area contributed by atoms with Crippen LogP contribution in [0, 0.1) is 11.6 Å². The van der Waals surface area contributed by atoms with E-state index in [-0.39, 0.29) is 31.2 Å². The second-order valence-corrected chi connectivity index (χ2v) is 4.11. The van der Waals surface area contributed by atoms with Gasteiger partial charge in [-0.05, 0) is 18.6 Å². The molecule has 6 heteroatoms. The number of hydrogen-bond donors (Lipinski definition) is 2. The molecule has 0 saturated heterocycles. The van der Waals surface area contributed by atoms with E-state index in [4.69, 9.17) is 9.84 Å². The Labute approximate surface area is 110 Å². The molecule has 0 fully saturated rings. The third-order valence-electron chi connectivity index (χ3n) is 2.61. The molecule has 1 rings (SSSR count). The predicted octanol–water partition coefficient (Wildman–Crippen LogP) is 1.02. The normalized spacial score (nSPS) is 12.2. The van der Waals surface area contributed by atoms with Crippen molar-refractivity contribution in [2.75, 3.05) is 20.3 Å². The van der Waals surface area contributed by atoms with E-state index in [9.17, 15) is 13.6 Å². The van der Waals surface area contributed by atoms with Crippen LogP contribution in [0.1, 0.15) is 12.0 Å². The van der Waals surface area contributed by atoms with E-state index in [0.29, 0.717) is 6.42 Å². The number of ether oxygens (including phenoxy) is 1. The van der Waals surface area contributed by atoms with E-state index in [1.165, 1.54) is 13.2 Å². The van der Waals surface area contributed by atoms with Gasteiger partial charge in [-0.2, -0.15) is 0 Å². The number of halogens is 2. The third kappa shape index (κ3) is 4.92. The quantitative estimate of drug-likeness (QED) is 0.780. The highest BCUT2D eigenvalue weighted by atomic mass is 19.1. The minimum atomic E-state index is -0.749. The average Bonchev–Trinajstić information content (AvgIpc) is 2.35. The number of carbonyl (C=O) groups is 1. The molecule has 0 aliphatic heterocycles. The standard InChI is InChI=1S/C13H17F2NO3/c1-19-8-9(5-6-17)16-13(18)7-10-11(14)3-2-4-12(10)15/h2-4,9,17H,5-8H2,1H3,(H,16,18). The summed E-state index contributed by atoms with van der Waals surface area (Å²) in [5.74, 6) is -2.01. The van der Waals surface area contributed by atoms with E-state index < -0.39 is 17.5 Å². The highest BCUT2D eigenvalue weighted by molar-refractivity contribution is 5.79. The van der Waals surface area contributed by atoms with Crippen LogP contribution < -0.4 is 5.32 Å². The van der Waals surface area contributed by atoms with Crippen molar-refractivity contribution in [1.82, 2.24) is 5.32 Å². The Balaban J connectivity index is 2.63. The maximum absolute atomic E-state index is 13.4. The Bertz CT molecular complexity index is 400. The summed E-state index contributed by atoms with van der Waals surface area (Å²) in [6, 6.07) is 3.07. The highest BCUT2D eigenvalue weighted by Gasteiger charge is 2.16. The van der Waals surface area contributed by atoms with E-state index in [2.05, 4.69) is 5.32 Å². The van der Waals surface area contributed by atoms with Gasteiger partial charge >= 0.3 is 0 Å². The zero-order valence-corrected chi connectivity index (χ0v) is 10.7. The number of rotatable bonds is 7. The lowest BCUT2D eigenvalue weighted by Gasteiger charge is -2.17. The van der Waals surface area contributed by atoms with Crippen LogP contribution in [0.3, 0.4) is 0 Å². The predicted molar refractivity (Wildman–Crippen MR) is 65.6 cm³/mol. The van der Waals surface area contributed by atoms with Crippen molar-refractivity contribution in [3.05, 3.63) is 35.4 Å². The molecule has 0 aromatic heterocycles. The summed E-state index contributed by atoms with van der Waals surface area (Å²) in [4.78, 5) is 11.7. The van der Waals surface area contributed by atoms with E-state index in [0.717, 1.165) is 12.1 Å². The average molecular weight is 273 g/mol. The first-order chi connectivity index (χ1) is 9.08. The summed E-state index contributed by atoms with van der Waals surface area (Å²) >= 11 is 0. The third-order valence-corrected chi connectivity index (χ3v) is 2.61. The van der Waals surface area contributed by atoms with E-state index in [1.54, 1.807) is 0 Å². The van der Waals surface area contributed by atoms with Gasteiger partial charge in [0.2, 0.25) is 5.91 Å². The van der Waals surface area contributed by atoms with Crippen LogP contribution in [0.15, 0.2) is 18.2 Å². The largest absolute Gasteiger partial charge is 0.396 e. The summed E-state index contributed by atoms with van der Waals surface area (Å²) in [6.45, 7) is 0.119. The Kier molecular flexibility index (Phi) is 6.38. The van der Waals surface area contributed by atoms with Gasteiger partial charge in [0.05, 0.1) is 19.1 Å². The van der Waals surface area contributed by atoms with Gasteiger partial charge in [-0.3, -0.25) is 4.79 Å². The van der Waals surface area contributed by atoms with Crippen molar-refractivity contribution in [3.63, 3.8) is 0 Å². The molecule has 0 heterocycles. The smallest absolute Gasteiger partial charge is 0.224 e. The van der Waals surface area contributed by atoms with E-state index >= 15 is 0 Å². The lowest BCUT2D eigenvalue weighted by Crippen LogP contribution is -2.39. The fourth-order valence-corrected chi connectivity index (χ4v) is 1.69. The molecule has 106 valence electrons. The maximum atomic E-state index is 13.4. The number of nitrogens with one attached hydrogen (secondary N) is 1. The zero-order valence-electron chi connectivity index (χ0n) is 10.7. The van der Waals surface area contributed by atoms with Crippen LogP contribution >= 0.6 is 0 Å². The number of carbonyl (C=O) groups excluding carboxylic acids is 1. The first-order valence-electron chi connectivity index (χ1n) is 5.90. The molecule has 0 radical (unpaired) electrons. The number of aliphatic hydroxyl groups is 1. The molecule has 0 aliphatic rings. The number of hydrogen-bond acceptors (Lipinski definition) is 3. The van der Waals surface area contributed by atoms with Crippen molar-refractivity contribution in [2.24, 2.45) is 0 Å². The Morgan fingerprint density at radius 1 is 1.42 bits per heavy atom. The van der Waals surface area contributed by atoms with Crippen LogP contribution in [0.4, 0.5) is 8.78 Å². The fraction of sp³-hybridized carbons (Fsp3) is 0.462. The van der Waals surface area contributed by atoms with Gasteiger partial charge in [0, 0.05) is 19.3 Å². The molecular weight excluding hydrogens is 256 g/mol. The molecule has 1 amide bonds. The molecular formula is C13H17F2NO3. The molecule has 4 nitrogen and oxygen atoms in total. The lowest BCUT2D eigenvalue weighted by atomic mass is 10.1. The van der Waals surface area contributed by atoms with Crippen molar-refractivity contribution in [3.8, 4) is 0 Å². The number of benzene rings is 1. The SMILES string of the molecule is COCC(CCO)NC(=O)Cc1c(F)cccc1F. The molecule has 19 heavy (non-hydrogen) atoms. The van der Waals surface area contributed by atoms with Crippen LogP contribution in [0.2, 0.25) is 0 Å². The summed E-state index contributed by atoms with van der Waals surface area (Å²) in [7, 11) is 1.47. The maximum Gasteiger partial charge on any atom is 0.224 e. The number of methoxy groups -OCH3 is 1. The monoisotopic (exact) mass is 273 g/mol. The lowest BCUT2D eigenvalue weighted by molar-refractivity contribution is -0.121. The molecule has 1 aromatic rings. The van der Waals surface area contributed by atoms with Gasteiger partial charge in [-0.15, -0.1) is 0 Å². The van der Waals surface area contributed by atoms with Gasteiger partial charge in [-0.1, -0.05) is 6.07 Å². The molecule has 2 N–H and O–H groups in total. The van der Waals surface area contributed by atoms with Gasteiger partial charge in [0.25, 0.3) is 0 Å². The first-order valence-corrected chi connectivity index (χ1v) is 5.90. The van der Waals surface area contributed by atoms with Crippen molar-refractivity contribution in [1.29, 1.82) is 0 Å². The summed E-state index contributed by atoms with van der Waals surface area (Å²) in [5.41, 5.74) is -0.264. The van der Waals surface area contributed by atoms with Crippen LogP contribution in [-0.4, -0.2) is 37.4 Å². The topological polar surface area (TPSA) is 58.6 Å². The zero-order chi connectivity index (χ0) is 14.3. The van der Waals surface area contributed by atoms with Gasteiger partial charge in [0.1, 0.15) is 11.6 Å². The Morgan fingerprint density at radius 3 is 2.58 bits per heavy atom. The van der Waals surface area contributed by atoms with Crippen LogP contribution in [-0.2, 0) is 16.0 Å². The van der Waals surface area contributed by atoms with E-state index in [1.807, 2.05) is 0 Å².